The maximum atomic E-state index is 12.4. The van der Waals surface area contributed by atoms with Crippen molar-refractivity contribution in [3.8, 4) is 0 Å². The number of alkyl halides is 2. The molecule has 11 heteroatoms. The maximum Gasteiger partial charge on any atom is 0.385 e. The molecule has 0 aromatic carbocycles. The lowest BCUT2D eigenvalue weighted by Gasteiger charge is -2.04. The van der Waals surface area contributed by atoms with Crippen LogP contribution in [0.4, 0.5) is 20.4 Å². The molecule has 0 fully saturated rings. The number of nitrogen functional groups attached to an aromatic ring is 1. The molecule has 8 nitrogen and oxygen atoms in total. The van der Waals surface area contributed by atoms with Gasteiger partial charge in [0.2, 0.25) is 15.8 Å². The van der Waals surface area contributed by atoms with Crippen molar-refractivity contribution in [2.75, 3.05) is 5.73 Å². The predicted molar refractivity (Wildman–Crippen MR) is 51.6 cm³/mol. The van der Waals surface area contributed by atoms with Crippen molar-refractivity contribution >= 4 is 21.7 Å². The van der Waals surface area contributed by atoms with Gasteiger partial charge in [0.1, 0.15) is 0 Å². The van der Waals surface area contributed by atoms with Crippen LogP contribution in [0.15, 0.2) is 11.0 Å². The molecule has 0 radical (unpaired) electrons. The number of rotatable bonds is 3. The zero-order chi connectivity index (χ0) is 13.4. The highest BCUT2D eigenvalue weighted by Gasteiger charge is 2.30. The third kappa shape index (κ3) is 2.62. The summed E-state index contributed by atoms with van der Waals surface area (Å²) in [5.41, 5.74) is 4.11. The van der Waals surface area contributed by atoms with E-state index in [9.17, 15) is 27.3 Å². The molecule has 1 aromatic rings. The minimum atomic E-state index is -4.54. The SMILES string of the molecule is Nc1nc([N+](=O)[O-])c(S(N)(=O)=O)cc1C(F)F. The molecule has 0 saturated carbocycles. The van der Waals surface area contributed by atoms with Crippen LogP contribution in [0.3, 0.4) is 0 Å². The van der Waals surface area contributed by atoms with E-state index in [4.69, 9.17) is 5.73 Å². The summed E-state index contributed by atoms with van der Waals surface area (Å²) in [7, 11) is -4.54. The fourth-order valence-corrected chi connectivity index (χ4v) is 1.69. The summed E-state index contributed by atoms with van der Waals surface area (Å²) in [6.07, 6.45) is -3.12. The van der Waals surface area contributed by atoms with Crippen LogP contribution in [0.25, 0.3) is 0 Å². The average molecular weight is 268 g/mol. The van der Waals surface area contributed by atoms with Crippen molar-refractivity contribution in [2.45, 2.75) is 11.3 Å². The second kappa shape index (κ2) is 4.18. The number of nitrogens with two attached hydrogens (primary N) is 2. The minimum Gasteiger partial charge on any atom is -0.362 e. The number of sulfonamides is 1. The molecule has 0 unspecified atom stereocenters. The Morgan fingerprint density at radius 3 is 2.35 bits per heavy atom. The Bertz CT molecular complexity index is 574. The molecule has 94 valence electrons. The van der Waals surface area contributed by atoms with Crippen LogP contribution in [-0.4, -0.2) is 18.3 Å². The van der Waals surface area contributed by atoms with Crippen molar-refractivity contribution in [1.29, 1.82) is 0 Å². The Balaban J connectivity index is 3.66. The number of halogens is 2. The van der Waals surface area contributed by atoms with Gasteiger partial charge in [-0.1, -0.05) is 0 Å². The summed E-state index contributed by atoms with van der Waals surface area (Å²) in [6, 6.07) is 0.348. The summed E-state index contributed by atoms with van der Waals surface area (Å²) in [6.45, 7) is 0. The number of hydrogen-bond acceptors (Lipinski definition) is 6. The summed E-state index contributed by atoms with van der Waals surface area (Å²) >= 11 is 0. The highest BCUT2D eigenvalue weighted by atomic mass is 32.2. The Kier molecular flexibility index (Phi) is 3.24. The lowest BCUT2D eigenvalue weighted by atomic mass is 10.2. The number of pyridine rings is 1. The number of nitro groups is 1. The highest BCUT2D eigenvalue weighted by Crippen LogP contribution is 2.30. The molecular weight excluding hydrogens is 262 g/mol. The number of nitrogens with zero attached hydrogens (tertiary/aromatic N) is 2. The first-order chi connectivity index (χ1) is 7.64. The highest BCUT2D eigenvalue weighted by molar-refractivity contribution is 7.89. The molecule has 0 bridgehead atoms. The van der Waals surface area contributed by atoms with E-state index in [-0.39, 0.29) is 0 Å². The van der Waals surface area contributed by atoms with E-state index in [0.717, 1.165) is 0 Å². The van der Waals surface area contributed by atoms with E-state index in [0.29, 0.717) is 6.07 Å². The van der Waals surface area contributed by atoms with Gasteiger partial charge in [-0.25, -0.2) is 22.3 Å². The van der Waals surface area contributed by atoms with Gasteiger partial charge < -0.3 is 15.8 Å². The fourth-order valence-electron chi connectivity index (χ4n) is 1.03. The smallest absolute Gasteiger partial charge is 0.362 e. The third-order valence-corrected chi connectivity index (χ3v) is 2.66. The molecule has 0 spiro atoms. The molecule has 0 aliphatic heterocycles. The van der Waals surface area contributed by atoms with E-state index in [1.54, 1.807) is 0 Å². The first kappa shape index (κ1) is 13.2. The molecule has 0 amide bonds. The monoisotopic (exact) mass is 268 g/mol. The lowest BCUT2D eigenvalue weighted by molar-refractivity contribution is -0.392. The Labute approximate surface area is 93.4 Å². The van der Waals surface area contributed by atoms with E-state index in [1.165, 1.54) is 0 Å². The third-order valence-electron chi connectivity index (χ3n) is 1.74. The largest absolute Gasteiger partial charge is 0.385 e. The maximum absolute atomic E-state index is 12.4. The van der Waals surface area contributed by atoms with Gasteiger partial charge in [-0.05, 0) is 16.0 Å². The second-order valence-electron chi connectivity index (χ2n) is 2.89. The zero-order valence-electron chi connectivity index (χ0n) is 8.00. The van der Waals surface area contributed by atoms with Gasteiger partial charge >= 0.3 is 5.82 Å². The van der Waals surface area contributed by atoms with Gasteiger partial charge in [-0.2, -0.15) is 0 Å². The predicted octanol–water partition coefficient (Wildman–Crippen LogP) is 0.157. The number of anilines is 1. The standard InChI is InChI=1S/C6H6F2N4O4S/c7-4(8)2-1-3(17(10,15)16)6(12(13)14)11-5(2)9/h1,4H,(H2,9,11)(H2,10,15,16). The van der Waals surface area contributed by atoms with Gasteiger partial charge in [0, 0.05) is 0 Å². The molecule has 0 atom stereocenters. The van der Waals surface area contributed by atoms with Gasteiger partial charge in [-0.3, -0.25) is 0 Å². The fraction of sp³-hybridized carbons (Fsp3) is 0.167. The first-order valence-corrected chi connectivity index (χ1v) is 5.45. The molecule has 0 saturated heterocycles. The summed E-state index contributed by atoms with van der Waals surface area (Å²) in [5.74, 6) is -2.01. The second-order valence-corrected chi connectivity index (χ2v) is 4.42. The van der Waals surface area contributed by atoms with Crippen LogP contribution in [0, 0.1) is 10.1 Å². The topological polar surface area (TPSA) is 142 Å². The first-order valence-electron chi connectivity index (χ1n) is 3.90. The number of primary sulfonamides is 1. The Hall–Kier alpha value is -1.88. The summed E-state index contributed by atoms with van der Waals surface area (Å²) in [5, 5.41) is 15.1. The zero-order valence-corrected chi connectivity index (χ0v) is 8.82. The molecule has 1 rings (SSSR count). The average Bonchev–Trinajstić information content (AvgIpc) is 2.14. The number of aromatic nitrogens is 1. The van der Waals surface area contributed by atoms with Crippen LogP contribution < -0.4 is 10.9 Å². The summed E-state index contributed by atoms with van der Waals surface area (Å²) in [4.78, 5) is 11.2. The van der Waals surface area contributed by atoms with E-state index in [1.807, 2.05) is 0 Å². The molecule has 17 heavy (non-hydrogen) atoms. The van der Waals surface area contributed by atoms with Gasteiger partial charge in [-0.15, -0.1) is 0 Å². The van der Waals surface area contributed by atoms with Gasteiger partial charge in [0.15, 0.2) is 4.90 Å². The van der Waals surface area contributed by atoms with Crippen LogP contribution in [0.5, 0.6) is 0 Å². The van der Waals surface area contributed by atoms with Crippen molar-refractivity contribution < 1.29 is 22.1 Å². The van der Waals surface area contributed by atoms with Gasteiger partial charge in [0.25, 0.3) is 6.43 Å². The Morgan fingerprint density at radius 1 is 1.47 bits per heavy atom. The van der Waals surface area contributed by atoms with Crippen LogP contribution in [-0.2, 0) is 10.0 Å². The van der Waals surface area contributed by atoms with Gasteiger partial charge in [0.05, 0.1) is 5.56 Å². The van der Waals surface area contributed by atoms with Crippen molar-refractivity contribution in [2.24, 2.45) is 5.14 Å². The molecule has 1 aromatic heterocycles. The molecule has 1 heterocycles. The lowest BCUT2D eigenvalue weighted by Crippen LogP contribution is -2.16. The molecule has 0 aliphatic rings. The molecule has 0 aliphatic carbocycles. The van der Waals surface area contributed by atoms with Crippen molar-refractivity contribution in [3.63, 3.8) is 0 Å². The van der Waals surface area contributed by atoms with E-state index in [2.05, 4.69) is 10.1 Å². The molecule has 4 N–H and O–H groups in total. The van der Waals surface area contributed by atoms with Crippen LogP contribution in [0.2, 0.25) is 0 Å². The minimum absolute atomic E-state index is 0.348. The Morgan fingerprint density at radius 2 is 2.00 bits per heavy atom. The van der Waals surface area contributed by atoms with E-state index < -0.39 is 43.5 Å². The number of hydrogen-bond donors (Lipinski definition) is 2. The van der Waals surface area contributed by atoms with Crippen molar-refractivity contribution in [1.82, 2.24) is 4.98 Å². The molecular formula is C6H6F2N4O4S. The van der Waals surface area contributed by atoms with E-state index >= 15 is 0 Å². The van der Waals surface area contributed by atoms with Crippen LogP contribution in [0.1, 0.15) is 12.0 Å². The normalized spacial score (nSPS) is 11.8. The van der Waals surface area contributed by atoms with Crippen molar-refractivity contribution in [3.05, 3.63) is 21.7 Å². The van der Waals surface area contributed by atoms with Crippen LogP contribution >= 0.6 is 0 Å². The summed E-state index contributed by atoms with van der Waals surface area (Å²) < 4.78 is 46.8. The quantitative estimate of drug-likeness (QED) is 0.590.